The third kappa shape index (κ3) is 4.57. The van der Waals surface area contributed by atoms with Gasteiger partial charge in [0.2, 0.25) is 0 Å². The molecule has 1 fully saturated rings. The fourth-order valence-corrected chi connectivity index (χ4v) is 5.09. The van der Waals surface area contributed by atoms with E-state index in [4.69, 9.17) is 21.0 Å². The Morgan fingerprint density at radius 3 is 2.40 bits per heavy atom. The lowest BCUT2D eigenvalue weighted by Gasteiger charge is -2.18. The predicted octanol–water partition coefficient (Wildman–Crippen LogP) is 8.33. The lowest BCUT2D eigenvalue weighted by molar-refractivity contribution is -0.113. The van der Waals surface area contributed by atoms with Crippen LogP contribution < -0.4 is 4.90 Å². The quantitative estimate of drug-likeness (QED) is 0.266. The van der Waals surface area contributed by atoms with Gasteiger partial charge in [-0.3, -0.25) is 9.69 Å². The Morgan fingerprint density at radius 2 is 1.63 bits per heavy atom. The zero-order chi connectivity index (χ0) is 24.5. The first-order valence-corrected chi connectivity index (χ1v) is 12.4. The highest BCUT2D eigenvalue weighted by Crippen LogP contribution is 2.39. The van der Waals surface area contributed by atoms with E-state index < -0.39 is 0 Å². The summed E-state index contributed by atoms with van der Waals surface area (Å²) in [5.41, 5.74) is 5.57. The standard InChI is InChI=1S/C29H23ClN2O2S/c1-18-9-4-6-13-24(18)31-29-32(25-14-7-5-10-19(25)2)28(33)27(35-29)17-21-15-16-26(34-21)22-11-8-12-23(30)20(22)3/h4-17H,1-3H3/b27-17+,31-29?. The number of thioether (sulfide) groups is 1. The highest BCUT2D eigenvalue weighted by Gasteiger charge is 2.35. The van der Waals surface area contributed by atoms with Crippen molar-refractivity contribution in [3.8, 4) is 11.3 Å². The van der Waals surface area contributed by atoms with Crippen LogP contribution >= 0.6 is 23.4 Å². The van der Waals surface area contributed by atoms with Gasteiger partial charge in [0.05, 0.1) is 16.3 Å². The maximum Gasteiger partial charge on any atom is 0.271 e. The van der Waals surface area contributed by atoms with Crippen molar-refractivity contribution in [3.63, 3.8) is 0 Å². The molecule has 4 nitrogen and oxygen atoms in total. The minimum absolute atomic E-state index is 0.131. The second kappa shape index (κ2) is 9.61. The van der Waals surface area contributed by atoms with E-state index in [1.807, 2.05) is 99.6 Å². The van der Waals surface area contributed by atoms with Gasteiger partial charge in [0.25, 0.3) is 5.91 Å². The SMILES string of the molecule is Cc1ccccc1N=C1S/C(=C/c2ccc(-c3cccc(Cl)c3C)o2)C(=O)N1c1ccccc1C. The number of anilines is 1. The van der Waals surface area contributed by atoms with E-state index in [1.165, 1.54) is 11.8 Å². The fraction of sp³-hybridized carbons (Fsp3) is 0.103. The molecular formula is C29H23ClN2O2S. The number of rotatable bonds is 4. The van der Waals surface area contributed by atoms with Crippen molar-refractivity contribution in [1.29, 1.82) is 0 Å². The zero-order valence-electron chi connectivity index (χ0n) is 19.6. The monoisotopic (exact) mass is 498 g/mol. The van der Waals surface area contributed by atoms with Crippen molar-refractivity contribution < 1.29 is 9.21 Å². The molecule has 174 valence electrons. The Morgan fingerprint density at radius 1 is 0.886 bits per heavy atom. The number of halogens is 1. The first kappa shape index (κ1) is 23.2. The number of carbonyl (C=O) groups is 1. The number of hydrogen-bond donors (Lipinski definition) is 0. The zero-order valence-corrected chi connectivity index (χ0v) is 21.2. The van der Waals surface area contributed by atoms with E-state index in [2.05, 4.69) is 0 Å². The number of aryl methyl sites for hydroxylation is 2. The number of benzene rings is 3. The summed E-state index contributed by atoms with van der Waals surface area (Å²) < 4.78 is 6.09. The summed E-state index contributed by atoms with van der Waals surface area (Å²) in [7, 11) is 0. The predicted molar refractivity (Wildman–Crippen MR) is 146 cm³/mol. The summed E-state index contributed by atoms with van der Waals surface area (Å²) in [4.78, 5) is 20.7. The van der Waals surface area contributed by atoms with E-state index >= 15 is 0 Å². The van der Waals surface area contributed by atoms with Gasteiger partial charge in [-0.05, 0) is 79.6 Å². The van der Waals surface area contributed by atoms with Gasteiger partial charge < -0.3 is 4.42 Å². The average molecular weight is 499 g/mol. The van der Waals surface area contributed by atoms with Crippen LogP contribution in [0.1, 0.15) is 22.5 Å². The van der Waals surface area contributed by atoms with Crippen molar-refractivity contribution >= 4 is 51.9 Å². The summed E-state index contributed by atoms with van der Waals surface area (Å²) >= 11 is 7.63. The highest BCUT2D eigenvalue weighted by molar-refractivity contribution is 8.19. The van der Waals surface area contributed by atoms with E-state index in [9.17, 15) is 4.79 Å². The maximum atomic E-state index is 13.6. The minimum atomic E-state index is -0.131. The second-order valence-corrected chi connectivity index (χ2v) is 9.75. The van der Waals surface area contributed by atoms with Gasteiger partial charge in [-0.15, -0.1) is 0 Å². The Kier molecular flexibility index (Phi) is 6.37. The molecule has 2 heterocycles. The van der Waals surface area contributed by atoms with Gasteiger partial charge in [-0.2, -0.15) is 0 Å². The molecule has 4 aromatic rings. The van der Waals surface area contributed by atoms with Crippen LogP contribution in [0.2, 0.25) is 5.02 Å². The lowest BCUT2D eigenvalue weighted by atomic mass is 10.1. The highest BCUT2D eigenvalue weighted by atomic mass is 35.5. The molecule has 0 unspecified atom stereocenters. The molecule has 1 aliphatic rings. The molecular weight excluding hydrogens is 476 g/mol. The first-order valence-electron chi connectivity index (χ1n) is 11.2. The lowest BCUT2D eigenvalue weighted by Crippen LogP contribution is -2.29. The van der Waals surface area contributed by atoms with E-state index in [0.717, 1.165) is 33.6 Å². The molecule has 0 bridgehead atoms. The maximum absolute atomic E-state index is 13.6. The number of amides is 1. The molecule has 6 heteroatoms. The number of hydrogen-bond acceptors (Lipinski definition) is 4. The molecule has 0 radical (unpaired) electrons. The van der Waals surface area contributed by atoms with Crippen LogP contribution in [-0.4, -0.2) is 11.1 Å². The second-order valence-electron chi connectivity index (χ2n) is 8.33. The Bertz CT molecular complexity index is 1500. The van der Waals surface area contributed by atoms with Gasteiger partial charge in [0.1, 0.15) is 11.5 Å². The molecule has 0 saturated carbocycles. The van der Waals surface area contributed by atoms with Crippen LogP contribution in [-0.2, 0) is 4.79 Å². The van der Waals surface area contributed by atoms with Crippen LogP contribution in [0.3, 0.4) is 0 Å². The summed E-state index contributed by atoms with van der Waals surface area (Å²) in [5.74, 6) is 1.17. The van der Waals surface area contributed by atoms with E-state index in [-0.39, 0.29) is 5.91 Å². The average Bonchev–Trinajstić information content (AvgIpc) is 3.42. The van der Waals surface area contributed by atoms with Crippen LogP contribution in [0.25, 0.3) is 17.4 Å². The minimum Gasteiger partial charge on any atom is -0.457 e. The molecule has 0 atom stereocenters. The van der Waals surface area contributed by atoms with Crippen LogP contribution in [0.15, 0.2) is 93.2 Å². The van der Waals surface area contributed by atoms with E-state index in [0.29, 0.717) is 26.6 Å². The third-order valence-electron chi connectivity index (χ3n) is 5.93. The molecule has 0 N–H and O–H groups in total. The normalized spacial score (nSPS) is 16.0. The van der Waals surface area contributed by atoms with Crippen molar-refractivity contribution in [1.82, 2.24) is 0 Å². The van der Waals surface area contributed by atoms with Gasteiger partial charge in [0, 0.05) is 16.7 Å². The molecule has 1 amide bonds. The van der Waals surface area contributed by atoms with Crippen LogP contribution in [0.4, 0.5) is 11.4 Å². The summed E-state index contributed by atoms with van der Waals surface area (Å²) in [6, 6.07) is 25.2. The molecule has 1 aromatic heterocycles. The first-order chi connectivity index (χ1) is 16.9. The largest absolute Gasteiger partial charge is 0.457 e. The molecule has 5 rings (SSSR count). The van der Waals surface area contributed by atoms with Crippen LogP contribution in [0, 0.1) is 20.8 Å². The topological polar surface area (TPSA) is 45.8 Å². The number of furan rings is 1. The van der Waals surface area contributed by atoms with Gasteiger partial charge in [0.15, 0.2) is 5.17 Å². The van der Waals surface area contributed by atoms with E-state index in [1.54, 1.807) is 11.0 Å². The molecule has 1 aliphatic heterocycles. The Labute approximate surface area is 213 Å². The number of para-hydroxylation sites is 2. The number of carbonyl (C=O) groups excluding carboxylic acids is 1. The third-order valence-corrected chi connectivity index (χ3v) is 7.31. The Hall–Kier alpha value is -3.54. The van der Waals surface area contributed by atoms with Crippen molar-refractivity contribution in [3.05, 3.63) is 111 Å². The van der Waals surface area contributed by atoms with Crippen molar-refractivity contribution in [2.45, 2.75) is 20.8 Å². The number of amidine groups is 1. The number of aliphatic imine (C=N–C) groups is 1. The smallest absolute Gasteiger partial charge is 0.271 e. The van der Waals surface area contributed by atoms with Gasteiger partial charge in [-0.25, -0.2) is 4.99 Å². The molecule has 0 spiro atoms. The molecule has 1 saturated heterocycles. The Balaban J connectivity index is 1.55. The fourth-order valence-electron chi connectivity index (χ4n) is 3.95. The van der Waals surface area contributed by atoms with Crippen molar-refractivity contribution in [2.24, 2.45) is 4.99 Å². The summed E-state index contributed by atoms with van der Waals surface area (Å²) in [6.07, 6.45) is 1.78. The molecule has 0 aliphatic carbocycles. The van der Waals surface area contributed by atoms with Crippen LogP contribution in [0.5, 0.6) is 0 Å². The number of nitrogens with zero attached hydrogens (tertiary/aromatic N) is 2. The molecule has 3 aromatic carbocycles. The summed E-state index contributed by atoms with van der Waals surface area (Å²) in [5, 5.41) is 1.30. The summed E-state index contributed by atoms with van der Waals surface area (Å²) in [6.45, 7) is 5.97. The van der Waals surface area contributed by atoms with Gasteiger partial charge in [-0.1, -0.05) is 60.1 Å². The van der Waals surface area contributed by atoms with Crippen molar-refractivity contribution in [2.75, 3.05) is 4.90 Å². The molecule has 35 heavy (non-hydrogen) atoms. The van der Waals surface area contributed by atoms with Gasteiger partial charge >= 0.3 is 0 Å².